The van der Waals surface area contributed by atoms with Crippen LogP contribution in [0, 0.1) is 0 Å². The Morgan fingerprint density at radius 2 is 2.00 bits per heavy atom. The van der Waals surface area contributed by atoms with E-state index in [2.05, 4.69) is 46.5 Å². The fraction of sp³-hybridized carbons (Fsp3) is 0.200. The third kappa shape index (κ3) is 2.92. The summed E-state index contributed by atoms with van der Waals surface area (Å²) in [5.41, 5.74) is 1.30. The Kier molecular flexibility index (Phi) is 3.85. The molecule has 0 spiro atoms. The minimum absolute atomic E-state index is 0.270. The lowest BCUT2D eigenvalue weighted by Crippen LogP contribution is -2.19. The molecular formula is C15H14ClN3S. The summed E-state index contributed by atoms with van der Waals surface area (Å²) in [5.74, 6) is 0.810. The van der Waals surface area contributed by atoms with E-state index in [9.17, 15) is 0 Å². The molecule has 0 saturated carbocycles. The first-order valence-corrected chi connectivity index (χ1v) is 7.69. The quantitative estimate of drug-likeness (QED) is 0.726. The molecule has 2 aromatic heterocycles. The van der Waals surface area contributed by atoms with Crippen molar-refractivity contribution in [3.63, 3.8) is 0 Å². The van der Waals surface area contributed by atoms with Gasteiger partial charge < -0.3 is 5.32 Å². The molecule has 102 valence electrons. The van der Waals surface area contributed by atoms with Gasteiger partial charge in [0, 0.05) is 6.04 Å². The fourth-order valence-electron chi connectivity index (χ4n) is 2.19. The number of hydrogen-bond acceptors (Lipinski definition) is 4. The maximum absolute atomic E-state index is 5.97. The van der Waals surface area contributed by atoms with Gasteiger partial charge in [0.15, 0.2) is 0 Å². The Bertz CT molecular complexity index is 711. The highest BCUT2D eigenvalue weighted by Crippen LogP contribution is 2.27. The van der Waals surface area contributed by atoms with Crippen LogP contribution in [-0.2, 0) is 6.42 Å². The average Bonchev–Trinajstić information content (AvgIpc) is 2.88. The van der Waals surface area contributed by atoms with Crippen LogP contribution < -0.4 is 5.32 Å². The number of aromatic nitrogens is 2. The highest BCUT2D eigenvalue weighted by atomic mass is 35.5. The molecule has 1 N–H and O–H groups in total. The Morgan fingerprint density at radius 3 is 2.80 bits per heavy atom. The van der Waals surface area contributed by atoms with Crippen LogP contribution in [0.15, 0.2) is 41.8 Å². The number of halogens is 1. The van der Waals surface area contributed by atoms with Gasteiger partial charge in [-0.05, 0) is 42.0 Å². The predicted octanol–water partition coefficient (Wildman–Crippen LogP) is 4.39. The Balaban J connectivity index is 1.80. The third-order valence-electron chi connectivity index (χ3n) is 3.07. The molecule has 5 heteroatoms. The van der Waals surface area contributed by atoms with Crippen LogP contribution in [0.1, 0.15) is 12.5 Å². The largest absolute Gasteiger partial charge is 0.367 e. The van der Waals surface area contributed by atoms with Crippen molar-refractivity contribution in [2.75, 3.05) is 5.32 Å². The summed E-state index contributed by atoms with van der Waals surface area (Å²) in [5, 5.41) is 6.75. The number of fused-ring (bicyclic) bond motifs is 1. The van der Waals surface area contributed by atoms with Crippen LogP contribution in [0.4, 0.5) is 5.82 Å². The molecule has 1 atom stereocenters. The van der Waals surface area contributed by atoms with E-state index in [-0.39, 0.29) is 11.3 Å². The summed E-state index contributed by atoms with van der Waals surface area (Å²) in [6.07, 6.45) is 0.939. The molecule has 0 fully saturated rings. The van der Waals surface area contributed by atoms with E-state index in [1.54, 1.807) is 11.3 Å². The molecule has 20 heavy (non-hydrogen) atoms. The number of rotatable bonds is 4. The number of anilines is 1. The van der Waals surface area contributed by atoms with Gasteiger partial charge in [0.05, 0.1) is 5.39 Å². The second kappa shape index (κ2) is 5.77. The summed E-state index contributed by atoms with van der Waals surface area (Å²) in [4.78, 5) is 9.44. The van der Waals surface area contributed by atoms with Gasteiger partial charge in [0.25, 0.3) is 0 Å². The topological polar surface area (TPSA) is 37.8 Å². The van der Waals surface area contributed by atoms with Crippen molar-refractivity contribution >= 4 is 39.0 Å². The van der Waals surface area contributed by atoms with Crippen LogP contribution >= 0.6 is 22.9 Å². The highest BCUT2D eigenvalue weighted by Gasteiger charge is 2.10. The van der Waals surface area contributed by atoms with E-state index in [1.807, 2.05) is 17.5 Å². The zero-order valence-corrected chi connectivity index (χ0v) is 12.6. The molecule has 3 rings (SSSR count). The van der Waals surface area contributed by atoms with Crippen LogP contribution in [0.25, 0.3) is 10.2 Å². The van der Waals surface area contributed by atoms with E-state index >= 15 is 0 Å². The summed E-state index contributed by atoms with van der Waals surface area (Å²) in [6.45, 7) is 2.14. The van der Waals surface area contributed by atoms with Crippen LogP contribution in [-0.4, -0.2) is 16.0 Å². The van der Waals surface area contributed by atoms with E-state index < -0.39 is 0 Å². The van der Waals surface area contributed by atoms with E-state index in [0.717, 1.165) is 22.5 Å². The minimum Gasteiger partial charge on any atom is -0.367 e. The van der Waals surface area contributed by atoms with Crippen molar-refractivity contribution in [3.8, 4) is 0 Å². The summed E-state index contributed by atoms with van der Waals surface area (Å²) < 4.78 is 0. The molecule has 0 saturated heterocycles. The smallest absolute Gasteiger partial charge is 0.225 e. The van der Waals surface area contributed by atoms with Gasteiger partial charge >= 0.3 is 0 Å². The number of thiophene rings is 1. The van der Waals surface area contributed by atoms with Gasteiger partial charge in [0.2, 0.25) is 5.28 Å². The van der Waals surface area contributed by atoms with Crippen molar-refractivity contribution < 1.29 is 0 Å². The van der Waals surface area contributed by atoms with Gasteiger partial charge in [-0.1, -0.05) is 30.3 Å². The standard InChI is InChI=1S/C15H14ClN3S/c1-10(9-11-5-3-2-4-6-11)17-13-12-7-8-20-14(12)19-15(16)18-13/h2-8,10H,9H2,1H3,(H,17,18,19). The lowest BCUT2D eigenvalue weighted by molar-refractivity contribution is 0.786. The van der Waals surface area contributed by atoms with Crippen LogP contribution in [0.5, 0.6) is 0 Å². The van der Waals surface area contributed by atoms with Crippen molar-refractivity contribution in [1.82, 2.24) is 9.97 Å². The number of nitrogens with zero attached hydrogens (tertiary/aromatic N) is 2. The third-order valence-corrected chi connectivity index (χ3v) is 4.04. The number of benzene rings is 1. The zero-order chi connectivity index (χ0) is 13.9. The van der Waals surface area contributed by atoms with Gasteiger partial charge in [-0.15, -0.1) is 11.3 Å². The van der Waals surface area contributed by atoms with Crippen molar-refractivity contribution in [1.29, 1.82) is 0 Å². The van der Waals surface area contributed by atoms with Crippen LogP contribution in [0.3, 0.4) is 0 Å². The zero-order valence-electron chi connectivity index (χ0n) is 11.0. The number of nitrogens with one attached hydrogen (secondary N) is 1. The van der Waals surface area contributed by atoms with Gasteiger partial charge in [-0.3, -0.25) is 0 Å². The van der Waals surface area contributed by atoms with Crippen molar-refractivity contribution in [3.05, 3.63) is 52.6 Å². The molecule has 3 aromatic rings. The van der Waals surface area contributed by atoms with E-state index in [4.69, 9.17) is 11.6 Å². The monoisotopic (exact) mass is 303 g/mol. The SMILES string of the molecule is CC(Cc1ccccc1)Nc1nc(Cl)nc2sccc12. The van der Waals surface area contributed by atoms with Crippen LogP contribution in [0.2, 0.25) is 5.28 Å². The average molecular weight is 304 g/mol. The maximum atomic E-state index is 5.97. The Hall–Kier alpha value is -1.65. The van der Waals surface area contributed by atoms with Gasteiger partial charge in [0.1, 0.15) is 10.6 Å². The molecule has 0 bridgehead atoms. The normalized spacial score (nSPS) is 12.5. The molecule has 3 nitrogen and oxygen atoms in total. The molecule has 2 heterocycles. The second-order valence-corrected chi connectivity index (χ2v) is 5.95. The first-order chi connectivity index (χ1) is 9.72. The molecule has 0 amide bonds. The first-order valence-electron chi connectivity index (χ1n) is 6.43. The van der Waals surface area contributed by atoms with E-state index in [1.165, 1.54) is 5.56 Å². The Morgan fingerprint density at radius 1 is 1.20 bits per heavy atom. The van der Waals surface area contributed by atoms with Gasteiger partial charge in [-0.2, -0.15) is 0 Å². The molecule has 0 radical (unpaired) electrons. The Labute approximate surface area is 126 Å². The maximum Gasteiger partial charge on any atom is 0.225 e. The molecule has 0 aliphatic carbocycles. The molecule has 0 aliphatic rings. The molecular weight excluding hydrogens is 290 g/mol. The highest BCUT2D eigenvalue weighted by molar-refractivity contribution is 7.16. The minimum atomic E-state index is 0.270. The molecule has 0 aliphatic heterocycles. The summed E-state index contributed by atoms with van der Waals surface area (Å²) in [6, 6.07) is 12.7. The first kappa shape index (κ1) is 13.3. The summed E-state index contributed by atoms with van der Waals surface area (Å²) in [7, 11) is 0. The molecule has 1 aromatic carbocycles. The van der Waals surface area contributed by atoms with Gasteiger partial charge in [-0.25, -0.2) is 9.97 Å². The lowest BCUT2D eigenvalue weighted by Gasteiger charge is -2.15. The van der Waals surface area contributed by atoms with Crippen molar-refractivity contribution in [2.24, 2.45) is 0 Å². The fourth-order valence-corrected chi connectivity index (χ4v) is 3.17. The number of hydrogen-bond donors (Lipinski definition) is 1. The lowest BCUT2D eigenvalue weighted by atomic mass is 10.1. The predicted molar refractivity (Wildman–Crippen MR) is 85.7 cm³/mol. The van der Waals surface area contributed by atoms with Crippen molar-refractivity contribution in [2.45, 2.75) is 19.4 Å². The van der Waals surface area contributed by atoms with E-state index in [0.29, 0.717) is 0 Å². The summed E-state index contributed by atoms with van der Waals surface area (Å²) >= 11 is 7.54. The second-order valence-electron chi connectivity index (χ2n) is 4.72. The molecule has 1 unspecified atom stereocenters.